The standard InChI is InChI=1S/C29H49N3O4/c1-9-12-16-20-32(27(34)24(21(4)11-3)31-28(35)36-29(6,7)8)25(26(33)30-19-13-10-2)23-18-15-14-17-22(23)5/h14-15,17-18,21,24-25H,9-13,16,19-20H2,1-8H3,(H,30,33)(H,31,35). The first kappa shape index (κ1) is 31.5. The van der Waals surface area contributed by atoms with Crippen LogP contribution in [0.15, 0.2) is 24.3 Å². The predicted octanol–water partition coefficient (Wildman–Crippen LogP) is 5.91. The fourth-order valence-corrected chi connectivity index (χ4v) is 4.02. The van der Waals surface area contributed by atoms with Crippen LogP contribution in [0.3, 0.4) is 0 Å². The largest absolute Gasteiger partial charge is 0.444 e. The number of nitrogens with one attached hydrogen (secondary N) is 2. The number of amides is 3. The zero-order valence-corrected chi connectivity index (χ0v) is 23.8. The Morgan fingerprint density at radius 1 is 1.00 bits per heavy atom. The first-order valence-electron chi connectivity index (χ1n) is 13.6. The molecule has 0 spiro atoms. The van der Waals surface area contributed by atoms with Crippen LogP contribution in [-0.2, 0) is 14.3 Å². The molecule has 1 rings (SSSR count). The first-order chi connectivity index (χ1) is 17.0. The van der Waals surface area contributed by atoms with Crippen LogP contribution >= 0.6 is 0 Å². The maximum atomic E-state index is 14.2. The second-order valence-corrected chi connectivity index (χ2v) is 10.7. The molecule has 0 aromatic heterocycles. The number of rotatable bonds is 14. The molecule has 2 N–H and O–H groups in total. The van der Waals surface area contributed by atoms with Crippen LogP contribution in [0.25, 0.3) is 0 Å². The molecule has 204 valence electrons. The molecule has 7 heteroatoms. The summed E-state index contributed by atoms with van der Waals surface area (Å²) in [6.07, 6.45) is 4.59. The highest BCUT2D eigenvalue weighted by molar-refractivity contribution is 5.92. The first-order valence-corrected chi connectivity index (χ1v) is 13.6. The van der Waals surface area contributed by atoms with Gasteiger partial charge in [-0.3, -0.25) is 9.59 Å². The minimum atomic E-state index is -0.804. The molecule has 0 saturated heterocycles. The fourth-order valence-electron chi connectivity index (χ4n) is 4.02. The highest BCUT2D eigenvalue weighted by Gasteiger charge is 2.38. The molecule has 0 heterocycles. The van der Waals surface area contributed by atoms with Gasteiger partial charge in [-0.15, -0.1) is 0 Å². The van der Waals surface area contributed by atoms with Crippen molar-refractivity contribution in [2.45, 2.75) is 112 Å². The quantitative estimate of drug-likeness (QED) is 0.309. The second-order valence-electron chi connectivity index (χ2n) is 10.7. The number of alkyl carbamates (subject to hydrolysis) is 1. The van der Waals surface area contributed by atoms with Gasteiger partial charge >= 0.3 is 6.09 Å². The third-order valence-corrected chi connectivity index (χ3v) is 6.31. The molecule has 1 aromatic carbocycles. The van der Waals surface area contributed by atoms with Crippen LogP contribution in [0.2, 0.25) is 0 Å². The van der Waals surface area contributed by atoms with Crippen molar-refractivity contribution in [2.24, 2.45) is 5.92 Å². The van der Waals surface area contributed by atoms with Crippen LogP contribution in [0.1, 0.15) is 104 Å². The molecule has 0 saturated carbocycles. The zero-order valence-electron chi connectivity index (χ0n) is 23.8. The molecule has 3 amide bonds. The van der Waals surface area contributed by atoms with Gasteiger partial charge in [0.2, 0.25) is 11.8 Å². The van der Waals surface area contributed by atoms with Crippen molar-refractivity contribution >= 4 is 17.9 Å². The summed E-state index contributed by atoms with van der Waals surface area (Å²) in [5.74, 6) is -0.590. The SMILES string of the molecule is CCCCCN(C(=O)C(NC(=O)OC(C)(C)C)C(C)CC)C(C(=O)NCCCC)c1ccccc1C. The Morgan fingerprint density at radius 3 is 2.19 bits per heavy atom. The summed E-state index contributed by atoms with van der Waals surface area (Å²) < 4.78 is 5.47. The van der Waals surface area contributed by atoms with E-state index in [0.29, 0.717) is 19.5 Å². The molecule has 0 radical (unpaired) electrons. The molecule has 0 aliphatic carbocycles. The number of ether oxygens (including phenoxy) is 1. The third kappa shape index (κ3) is 10.2. The van der Waals surface area contributed by atoms with Crippen molar-refractivity contribution in [1.29, 1.82) is 0 Å². The molecular formula is C29H49N3O4. The van der Waals surface area contributed by atoms with Crippen LogP contribution in [0, 0.1) is 12.8 Å². The maximum absolute atomic E-state index is 14.2. The minimum Gasteiger partial charge on any atom is -0.444 e. The Hall–Kier alpha value is -2.57. The number of hydrogen-bond donors (Lipinski definition) is 2. The van der Waals surface area contributed by atoms with Crippen molar-refractivity contribution in [2.75, 3.05) is 13.1 Å². The van der Waals surface area contributed by atoms with Crippen LogP contribution in [0.5, 0.6) is 0 Å². The van der Waals surface area contributed by atoms with Gasteiger partial charge in [0.1, 0.15) is 17.7 Å². The second kappa shape index (κ2) is 15.5. The third-order valence-electron chi connectivity index (χ3n) is 6.31. The number of hydrogen-bond acceptors (Lipinski definition) is 4. The Kier molecular flexibility index (Phi) is 13.6. The highest BCUT2D eigenvalue weighted by atomic mass is 16.6. The van der Waals surface area contributed by atoms with Gasteiger partial charge < -0.3 is 20.3 Å². The van der Waals surface area contributed by atoms with Crippen LogP contribution in [0.4, 0.5) is 4.79 Å². The smallest absolute Gasteiger partial charge is 0.408 e. The summed E-state index contributed by atoms with van der Waals surface area (Å²) >= 11 is 0. The van der Waals surface area contributed by atoms with Gasteiger partial charge in [-0.2, -0.15) is 0 Å². The zero-order chi connectivity index (χ0) is 27.3. The molecule has 0 fully saturated rings. The summed E-state index contributed by atoms with van der Waals surface area (Å²) in [5, 5.41) is 5.87. The van der Waals surface area contributed by atoms with Crippen molar-refractivity contribution < 1.29 is 19.1 Å². The van der Waals surface area contributed by atoms with Crippen LogP contribution < -0.4 is 10.6 Å². The maximum Gasteiger partial charge on any atom is 0.408 e. The van der Waals surface area contributed by atoms with E-state index in [0.717, 1.165) is 43.2 Å². The summed E-state index contributed by atoms with van der Waals surface area (Å²) in [6.45, 7) is 16.4. The predicted molar refractivity (Wildman–Crippen MR) is 146 cm³/mol. The Labute approximate surface area is 218 Å². The Bertz CT molecular complexity index is 834. The lowest BCUT2D eigenvalue weighted by molar-refractivity contribution is -0.143. The van der Waals surface area contributed by atoms with Crippen LogP contribution in [-0.4, -0.2) is 47.5 Å². The van der Waals surface area contributed by atoms with Crippen molar-refractivity contribution in [3.05, 3.63) is 35.4 Å². The lowest BCUT2D eigenvalue weighted by Crippen LogP contribution is -2.55. The van der Waals surface area contributed by atoms with E-state index in [1.807, 2.05) is 45.0 Å². The number of benzene rings is 1. The molecule has 0 aliphatic rings. The van der Waals surface area contributed by atoms with Gasteiger partial charge in [-0.25, -0.2) is 4.79 Å². The Balaban J connectivity index is 3.48. The molecule has 3 atom stereocenters. The molecule has 1 aromatic rings. The van der Waals surface area contributed by atoms with E-state index in [4.69, 9.17) is 4.74 Å². The lowest BCUT2D eigenvalue weighted by atomic mass is 9.94. The van der Waals surface area contributed by atoms with E-state index in [1.54, 1.807) is 25.7 Å². The molecule has 36 heavy (non-hydrogen) atoms. The summed E-state index contributed by atoms with van der Waals surface area (Å²) in [7, 11) is 0. The van der Waals surface area contributed by atoms with Gasteiger partial charge in [0.05, 0.1) is 0 Å². The number of nitrogens with zero attached hydrogens (tertiary/aromatic N) is 1. The Morgan fingerprint density at radius 2 is 1.64 bits per heavy atom. The van der Waals surface area contributed by atoms with Gasteiger partial charge in [-0.05, 0) is 57.6 Å². The van der Waals surface area contributed by atoms with Crippen molar-refractivity contribution in [3.63, 3.8) is 0 Å². The topological polar surface area (TPSA) is 87.7 Å². The lowest BCUT2D eigenvalue weighted by Gasteiger charge is -2.36. The van der Waals surface area contributed by atoms with E-state index in [9.17, 15) is 14.4 Å². The number of carbonyl (C=O) groups excluding carboxylic acids is 3. The molecule has 0 bridgehead atoms. The van der Waals surface area contributed by atoms with E-state index >= 15 is 0 Å². The summed E-state index contributed by atoms with van der Waals surface area (Å²) in [4.78, 5) is 42.1. The minimum absolute atomic E-state index is 0.139. The van der Waals surface area contributed by atoms with E-state index in [1.165, 1.54) is 0 Å². The summed E-state index contributed by atoms with van der Waals surface area (Å²) in [5.41, 5.74) is 1.06. The molecule has 3 unspecified atom stereocenters. The number of unbranched alkanes of at least 4 members (excludes halogenated alkanes) is 3. The van der Waals surface area contributed by atoms with E-state index in [-0.39, 0.29) is 17.7 Å². The van der Waals surface area contributed by atoms with E-state index < -0.39 is 23.8 Å². The normalized spacial score (nSPS) is 13.9. The van der Waals surface area contributed by atoms with Crippen molar-refractivity contribution in [1.82, 2.24) is 15.5 Å². The molecule has 7 nitrogen and oxygen atoms in total. The van der Waals surface area contributed by atoms with Crippen molar-refractivity contribution in [3.8, 4) is 0 Å². The van der Waals surface area contributed by atoms with E-state index in [2.05, 4.69) is 24.5 Å². The fraction of sp³-hybridized carbons (Fsp3) is 0.690. The molecule has 0 aliphatic heterocycles. The monoisotopic (exact) mass is 503 g/mol. The van der Waals surface area contributed by atoms with Gasteiger partial charge in [0.25, 0.3) is 0 Å². The summed E-state index contributed by atoms with van der Waals surface area (Å²) in [6, 6.07) is 6.12. The average Bonchev–Trinajstić information content (AvgIpc) is 2.81. The van der Waals surface area contributed by atoms with Gasteiger partial charge in [0, 0.05) is 13.1 Å². The average molecular weight is 504 g/mol. The van der Waals surface area contributed by atoms with Gasteiger partial charge in [-0.1, -0.05) is 77.6 Å². The number of aryl methyl sites for hydroxylation is 1. The number of carbonyl (C=O) groups is 3. The van der Waals surface area contributed by atoms with Gasteiger partial charge in [0.15, 0.2) is 0 Å². The highest BCUT2D eigenvalue weighted by Crippen LogP contribution is 2.27. The molecular weight excluding hydrogens is 454 g/mol.